The Hall–Kier alpha value is -1.22. The van der Waals surface area contributed by atoms with E-state index in [0.717, 1.165) is 25.2 Å². The lowest BCUT2D eigenvalue weighted by Gasteiger charge is -2.49. The van der Waals surface area contributed by atoms with Crippen molar-refractivity contribution in [1.29, 1.82) is 0 Å². The van der Waals surface area contributed by atoms with Gasteiger partial charge in [-0.05, 0) is 63.3 Å². The highest BCUT2D eigenvalue weighted by molar-refractivity contribution is 5.52. The lowest BCUT2D eigenvalue weighted by molar-refractivity contribution is 0.271. The number of nitrogens with two attached hydrogens (primary N) is 1. The van der Waals surface area contributed by atoms with Crippen molar-refractivity contribution < 1.29 is 4.74 Å². The van der Waals surface area contributed by atoms with E-state index in [1.54, 1.807) is 0 Å². The van der Waals surface area contributed by atoms with Crippen LogP contribution in [-0.2, 0) is 0 Å². The number of hydrogen-bond acceptors (Lipinski definition) is 3. The summed E-state index contributed by atoms with van der Waals surface area (Å²) in [5, 5.41) is 0. The monoisotopic (exact) mass is 260 g/mol. The number of benzene rings is 1. The third kappa shape index (κ3) is 2.57. The van der Waals surface area contributed by atoms with Crippen LogP contribution < -0.4 is 15.4 Å². The van der Waals surface area contributed by atoms with Gasteiger partial charge in [0, 0.05) is 23.8 Å². The van der Waals surface area contributed by atoms with Crippen molar-refractivity contribution in [3.05, 3.63) is 24.3 Å². The number of rotatable bonds is 3. The second-order valence-corrected chi connectivity index (χ2v) is 5.80. The van der Waals surface area contributed by atoms with Gasteiger partial charge in [0.1, 0.15) is 5.75 Å². The van der Waals surface area contributed by atoms with Crippen LogP contribution in [0.25, 0.3) is 0 Å². The first kappa shape index (κ1) is 12.8. The van der Waals surface area contributed by atoms with E-state index in [1.807, 2.05) is 6.92 Å². The fourth-order valence-corrected chi connectivity index (χ4v) is 3.73. The molecule has 2 fully saturated rings. The number of ether oxygens (including phenoxy) is 1. The van der Waals surface area contributed by atoms with Gasteiger partial charge in [-0.2, -0.15) is 0 Å². The van der Waals surface area contributed by atoms with Crippen LogP contribution in [0.5, 0.6) is 5.75 Å². The molecule has 3 rings (SSSR count). The van der Waals surface area contributed by atoms with Gasteiger partial charge >= 0.3 is 0 Å². The van der Waals surface area contributed by atoms with Crippen LogP contribution in [0.1, 0.15) is 39.0 Å². The largest absolute Gasteiger partial charge is 0.494 e. The molecule has 0 radical (unpaired) electrons. The van der Waals surface area contributed by atoms with Gasteiger partial charge in [-0.1, -0.05) is 0 Å². The van der Waals surface area contributed by atoms with E-state index < -0.39 is 0 Å². The number of nitrogens with zero attached hydrogens (tertiary/aromatic N) is 1. The quantitative estimate of drug-likeness (QED) is 0.908. The summed E-state index contributed by atoms with van der Waals surface area (Å²) in [6.45, 7) is 2.74. The highest BCUT2D eigenvalue weighted by Gasteiger charge is 2.36. The molecule has 2 saturated heterocycles. The molecule has 1 aromatic carbocycles. The second-order valence-electron chi connectivity index (χ2n) is 5.80. The lowest BCUT2D eigenvalue weighted by atomic mass is 9.81. The third-order valence-corrected chi connectivity index (χ3v) is 4.46. The smallest absolute Gasteiger partial charge is 0.119 e. The average molecular weight is 260 g/mol. The molecule has 2 N–H and O–H groups in total. The van der Waals surface area contributed by atoms with Crippen molar-refractivity contribution in [1.82, 2.24) is 0 Å². The van der Waals surface area contributed by atoms with Gasteiger partial charge in [0.05, 0.1) is 6.61 Å². The maximum atomic E-state index is 6.18. The molecule has 2 heterocycles. The van der Waals surface area contributed by atoms with Crippen LogP contribution in [0, 0.1) is 0 Å². The fourth-order valence-electron chi connectivity index (χ4n) is 3.73. The summed E-state index contributed by atoms with van der Waals surface area (Å²) in [6.07, 6.45) is 6.22. The first-order chi connectivity index (χ1) is 9.28. The van der Waals surface area contributed by atoms with Crippen LogP contribution in [0.3, 0.4) is 0 Å². The molecule has 2 unspecified atom stereocenters. The summed E-state index contributed by atoms with van der Waals surface area (Å²) in [7, 11) is 0. The molecule has 0 spiro atoms. The Labute approximate surface area is 115 Å². The van der Waals surface area contributed by atoms with E-state index in [-0.39, 0.29) is 0 Å². The molecule has 0 saturated carbocycles. The van der Waals surface area contributed by atoms with Gasteiger partial charge in [0.15, 0.2) is 0 Å². The maximum absolute atomic E-state index is 6.18. The van der Waals surface area contributed by atoms with Crippen molar-refractivity contribution in [3.8, 4) is 5.75 Å². The summed E-state index contributed by atoms with van der Waals surface area (Å²) < 4.78 is 5.52. The Bertz CT molecular complexity index is 403. The fraction of sp³-hybridized carbons (Fsp3) is 0.625. The zero-order valence-corrected chi connectivity index (χ0v) is 11.7. The van der Waals surface area contributed by atoms with Gasteiger partial charge in [-0.25, -0.2) is 0 Å². The molecule has 0 aromatic heterocycles. The number of anilines is 1. The van der Waals surface area contributed by atoms with Crippen molar-refractivity contribution in [3.63, 3.8) is 0 Å². The number of piperidine rings is 2. The van der Waals surface area contributed by atoms with Gasteiger partial charge in [-0.15, -0.1) is 0 Å². The van der Waals surface area contributed by atoms with Crippen molar-refractivity contribution in [2.24, 2.45) is 5.73 Å². The molecule has 1 aromatic rings. The normalized spacial score (nSPS) is 30.2. The van der Waals surface area contributed by atoms with E-state index in [2.05, 4.69) is 29.2 Å². The SMILES string of the molecule is CCOc1ccc(N2C3CCCC2CC(N)C3)cc1. The van der Waals surface area contributed by atoms with E-state index in [4.69, 9.17) is 10.5 Å². The summed E-state index contributed by atoms with van der Waals surface area (Å²) >= 11 is 0. The molecule has 3 heteroatoms. The Kier molecular flexibility index (Phi) is 3.65. The lowest BCUT2D eigenvalue weighted by Crippen LogP contribution is -2.55. The average Bonchev–Trinajstić information content (AvgIpc) is 2.39. The van der Waals surface area contributed by atoms with Gasteiger partial charge in [-0.3, -0.25) is 0 Å². The van der Waals surface area contributed by atoms with Crippen LogP contribution in [0.4, 0.5) is 5.69 Å². The predicted octanol–water partition coefficient (Wildman–Crippen LogP) is 2.93. The number of hydrogen-bond donors (Lipinski definition) is 1. The molecule has 104 valence electrons. The molecule has 2 atom stereocenters. The highest BCUT2D eigenvalue weighted by Crippen LogP contribution is 2.37. The summed E-state index contributed by atoms with van der Waals surface area (Å²) in [4.78, 5) is 2.61. The molecule has 0 aliphatic carbocycles. The summed E-state index contributed by atoms with van der Waals surface area (Å²) in [5.41, 5.74) is 7.52. The molecule has 0 amide bonds. The minimum absolute atomic E-state index is 0.397. The van der Waals surface area contributed by atoms with Gasteiger partial charge in [0.2, 0.25) is 0 Å². The zero-order chi connectivity index (χ0) is 13.2. The second kappa shape index (κ2) is 5.41. The third-order valence-electron chi connectivity index (χ3n) is 4.46. The molecule has 2 bridgehead atoms. The first-order valence-electron chi connectivity index (χ1n) is 7.54. The van der Waals surface area contributed by atoms with Crippen LogP contribution in [0.2, 0.25) is 0 Å². The Morgan fingerprint density at radius 3 is 2.37 bits per heavy atom. The van der Waals surface area contributed by atoms with Crippen LogP contribution >= 0.6 is 0 Å². The zero-order valence-electron chi connectivity index (χ0n) is 11.7. The van der Waals surface area contributed by atoms with Crippen molar-refractivity contribution in [2.45, 2.75) is 57.2 Å². The highest BCUT2D eigenvalue weighted by atomic mass is 16.5. The minimum Gasteiger partial charge on any atom is -0.494 e. The standard InChI is InChI=1S/C16H24N2O/c1-2-19-16-8-6-13(7-9-16)18-14-4-3-5-15(18)11-12(17)10-14/h6-9,12,14-15H,2-5,10-11,17H2,1H3. The van der Waals surface area contributed by atoms with Gasteiger partial charge in [0.25, 0.3) is 0 Å². The Balaban J connectivity index is 1.80. The minimum atomic E-state index is 0.397. The molecular formula is C16H24N2O. The van der Waals surface area contributed by atoms with E-state index in [1.165, 1.54) is 24.9 Å². The summed E-state index contributed by atoms with van der Waals surface area (Å²) in [5.74, 6) is 0.963. The van der Waals surface area contributed by atoms with E-state index in [9.17, 15) is 0 Å². The molecule has 2 aliphatic rings. The Morgan fingerprint density at radius 2 is 1.79 bits per heavy atom. The summed E-state index contributed by atoms with van der Waals surface area (Å²) in [6, 6.07) is 10.3. The molecule has 3 nitrogen and oxygen atoms in total. The van der Waals surface area contributed by atoms with E-state index in [0.29, 0.717) is 18.1 Å². The van der Waals surface area contributed by atoms with Crippen molar-refractivity contribution in [2.75, 3.05) is 11.5 Å². The maximum Gasteiger partial charge on any atom is 0.119 e. The number of fused-ring (bicyclic) bond motifs is 2. The molecule has 2 aliphatic heterocycles. The predicted molar refractivity (Wildman–Crippen MR) is 78.7 cm³/mol. The Morgan fingerprint density at radius 1 is 1.16 bits per heavy atom. The van der Waals surface area contributed by atoms with Crippen molar-refractivity contribution >= 4 is 5.69 Å². The van der Waals surface area contributed by atoms with E-state index >= 15 is 0 Å². The van der Waals surface area contributed by atoms with Crippen LogP contribution in [-0.4, -0.2) is 24.7 Å². The first-order valence-corrected chi connectivity index (χ1v) is 7.54. The topological polar surface area (TPSA) is 38.5 Å². The molecule has 19 heavy (non-hydrogen) atoms. The van der Waals surface area contributed by atoms with Gasteiger partial charge < -0.3 is 15.4 Å². The van der Waals surface area contributed by atoms with Crippen LogP contribution in [0.15, 0.2) is 24.3 Å². The molecular weight excluding hydrogens is 236 g/mol.